The minimum absolute atomic E-state index is 0.114. The van der Waals surface area contributed by atoms with E-state index in [4.69, 9.17) is 16.3 Å². The van der Waals surface area contributed by atoms with E-state index in [0.29, 0.717) is 18.7 Å². The number of H-pyrrole nitrogens is 1. The highest BCUT2D eigenvalue weighted by atomic mass is 35.5. The number of aromatic nitrogens is 2. The summed E-state index contributed by atoms with van der Waals surface area (Å²) in [6.07, 6.45) is 1.53. The van der Waals surface area contributed by atoms with E-state index in [9.17, 15) is 9.59 Å². The van der Waals surface area contributed by atoms with Crippen molar-refractivity contribution in [2.24, 2.45) is 0 Å². The van der Waals surface area contributed by atoms with E-state index >= 15 is 0 Å². The first-order chi connectivity index (χ1) is 7.57. The van der Waals surface area contributed by atoms with Crippen molar-refractivity contribution >= 4 is 11.6 Å². The van der Waals surface area contributed by atoms with Crippen LogP contribution < -0.4 is 11.2 Å². The summed E-state index contributed by atoms with van der Waals surface area (Å²) >= 11 is 5.69. The third kappa shape index (κ3) is 2.96. The number of nitrogens with one attached hydrogen (secondary N) is 1. The molecule has 5 nitrogen and oxygen atoms in total. The number of ether oxygens (including phenoxy) is 1. The molecule has 0 unspecified atom stereocenters. The van der Waals surface area contributed by atoms with E-state index in [1.54, 1.807) is 14.0 Å². The summed E-state index contributed by atoms with van der Waals surface area (Å²) < 4.78 is 6.05. The number of hydrogen-bond donors (Lipinski definition) is 1. The first-order valence-corrected chi connectivity index (χ1v) is 5.44. The summed E-state index contributed by atoms with van der Waals surface area (Å²) in [7, 11) is 1.62. The van der Waals surface area contributed by atoms with Crippen LogP contribution >= 0.6 is 11.6 Å². The Morgan fingerprint density at radius 3 is 2.69 bits per heavy atom. The minimum Gasteiger partial charge on any atom is -0.385 e. The van der Waals surface area contributed by atoms with E-state index in [2.05, 4.69) is 4.98 Å². The smallest absolute Gasteiger partial charge is 0.329 e. The Bertz CT molecular complexity index is 464. The van der Waals surface area contributed by atoms with E-state index in [-0.39, 0.29) is 10.7 Å². The highest BCUT2D eigenvalue weighted by Gasteiger charge is 2.07. The summed E-state index contributed by atoms with van der Waals surface area (Å²) in [5.74, 6) is 0. The summed E-state index contributed by atoms with van der Waals surface area (Å²) in [6.45, 7) is 2.60. The van der Waals surface area contributed by atoms with Gasteiger partial charge in [0.25, 0.3) is 5.56 Å². The van der Waals surface area contributed by atoms with Gasteiger partial charge in [0.05, 0.1) is 0 Å². The second kappa shape index (κ2) is 5.86. The Kier molecular flexibility index (Phi) is 4.76. The van der Waals surface area contributed by atoms with Crippen molar-refractivity contribution in [1.29, 1.82) is 0 Å². The van der Waals surface area contributed by atoms with Gasteiger partial charge in [-0.3, -0.25) is 14.3 Å². The van der Waals surface area contributed by atoms with Crippen molar-refractivity contribution in [1.82, 2.24) is 9.55 Å². The monoisotopic (exact) mass is 246 g/mol. The summed E-state index contributed by atoms with van der Waals surface area (Å²) in [4.78, 5) is 25.6. The van der Waals surface area contributed by atoms with Crippen LogP contribution in [0.2, 0.25) is 5.15 Å². The molecule has 1 aromatic heterocycles. The van der Waals surface area contributed by atoms with Gasteiger partial charge < -0.3 is 4.74 Å². The number of aromatic amines is 1. The van der Waals surface area contributed by atoms with Crippen molar-refractivity contribution in [3.63, 3.8) is 0 Å². The van der Waals surface area contributed by atoms with Crippen LogP contribution in [0.4, 0.5) is 0 Å². The molecule has 0 atom stereocenters. The van der Waals surface area contributed by atoms with Crippen LogP contribution in [0.25, 0.3) is 0 Å². The molecule has 1 heterocycles. The van der Waals surface area contributed by atoms with Gasteiger partial charge in [0.15, 0.2) is 0 Å². The molecule has 1 aromatic rings. The van der Waals surface area contributed by atoms with Crippen molar-refractivity contribution in [2.45, 2.75) is 26.3 Å². The summed E-state index contributed by atoms with van der Waals surface area (Å²) in [5.41, 5.74) is -0.419. The topological polar surface area (TPSA) is 64.1 Å². The Hall–Kier alpha value is -1.07. The number of nitrogens with zero attached hydrogens (tertiary/aromatic N) is 1. The van der Waals surface area contributed by atoms with E-state index in [0.717, 1.165) is 17.4 Å². The normalized spacial score (nSPS) is 10.7. The molecule has 0 radical (unpaired) electrons. The fourth-order valence-electron chi connectivity index (χ4n) is 1.36. The average molecular weight is 247 g/mol. The van der Waals surface area contributed by atoms with E-state index in [1.807, 2.05) is 0 Å². The Morgan fingerprint density at radius 2 is 2.06 bits per heavy atom. The quantitative estimate of drug-likeness (QED) is 0.621. The number of halogens is 1. The zero-order valence-corrected chi connectivity index (χ0v) is 10.1. The Balaban J connectivity index is 2.85. The first-order valence-electron chi connectivity index (χ1n) is 5.06. The van der Waals surface area contributed by atoms with Crippen molar-refractivity contribution < 1.29 is 4.74 Å². The van der Waals surface area contributed by atoms with Gasteiger partial charge in [-0.2, -0.15) is 0 Å². The van der Waals surface area contributed by atoms with Gasteiger partial charge in [0, 0.05) is 25.8 Å². The van der Waals surface area contributed by atoms with Gasteiger partial charge in [-0.1, -0.05) is 11.6 Å². The lowest BCUT2D eigenvalue weighted by atomic mass is 10.3. The molecule has 0 aliphatic rings. The van der Waals surface area contributed by atoms with Crippen LogP contribution in [0.15, 0.2) is 9.59 Å². The third-order valence-corrected chi connectivity index (χ3v) is 2.72. The van der Waals surface area contributed by atoms with Crippen LogP contribution in [0.3, 0.4) is 0 Å². The molecular weight excluding hydrogens is 232 g/mol. The lowest BCUT2D eigenvalue weighted by Gasteiger charge is -2.06. The second-order valence-electron chi connectivity index (χ2n) is 3.53. The molecule has 90 valence electrons. The van der Waals surface area contributed by atoms with E-state index < -0.39 is 5.69 Å². The van der Waals surface area contributed by atoms with Gasteiger partial charge in [0.2, 0.25) is 0 Å². The zero-order valence-electron chi connectivity index (χ0n) is 9.38. The predicted molar refractivity (Wildman–Crippen MR) is 62.2 cm³/mol. The van der Waals surface area contributed by atoms with Crippen molar-refractivity contribution in [3.05, 3.63) is 31.6 Å². The van der Waals surface area contributed by atoms with Crippen molar-refractivity contribution in [3.8, 4) is 0 Å². The lowest BCUT2D eigenvalue weighted by molar-refractivity contribution is 0.191. The molecule has 0 aliphatic carbocycles. The molecule has 0 aliphatic heterocycles. The van der Waals surface area contributed by atoms with E-state index in [1.165, 1.54) is 0 Å². The molecule has 1 rings (SSSR count). The Labute approximate surface area is 98.0 Å². The highest BCUT2D eigenvalue weighted by molar-refractivity contribution is 6.30. The largest absolute Gasteiger partial charge is 0.385 e. The minimum atomic E-state index is -0.460. The molecule has 0 aromatic carbocycles. The molecule has 0 saturated heterocycles. The number of methoxy groups -OCH3 is 1. The molecule has 0 saturated carbocycles. The average Bonchev–Trinajstić information content (AvgIpc) is 2.25. The SMILES string of the molecule is COCCCCn1c(=O)[nH]c(Cl)c(C)c1=O. The maximum absolute atomic E-state index is 11.7. The van der Waals surface area contributed by atoms with Gasteiger partial charge in [-0.15, -0.1) is 0 Å². The molecule has 0 bridgehead atoms. The third-order valence-electron chi connectivity index (χ3n) is 2.34. The number of rotatable bonds is 5. The first kappa shape index (κ1) is 13.0. The summed E-state index contributed by atoms with van der Waals surface area (Å²) in [6, 6.07) is 0. The highest BCUT2D eigenvalue weighted by Crippen LogP contribution is 2.03. The lowest BCUT2D eigenvalue weighted by Crippen LogP contribution is -2.36. The van der Waals surface area contributed by atoms with Crippen LogP contribution in [0.1, 0.15) is 18.4 Å². The molecule has 0 fully saturated rings. The Morgan fingerprint density at radius 1 is 1.38 bits per heavy atom. The van der Waals surface area contributed by atoms with Crippen molar-refractivity contribution in [2.75, 3.05) is 13.7 Å². The van der Waals surface area contributed by atoms with Gasteiger partial charge >= 0.3 is 5.69 Å². The maximum Gasteiger partial charge on any atom is 0.329 e. The van der Waals surface area contributed by atoms with Crippen LogP contribution in [-0.4, -0.2) is 23.3 Å². The molecule has 0 spiro atoms. The number of unbranched alkanes of at least 4 members (excludes halogenated alkanes) is 1. The molecular formula is C10H15ClN2O3. The standard InChI is InChI=1S/C10H15ClN2O3/c1-7-8(11)12-10(15)13(9(7)14)5-3-4-6-16-2/h3-6H2,1-2H3,(H,12,15). The molecule has 16 heavy (non-hydrogen) atoms. The molecule has 0 amide bonds. The van der Waals surface area contributed by atoms with Gasteiger partial charge in [-0.25, -0.2) is 4.79 Å². The van der Waals surface area contributed by atoms with Crippen LogP contribution in [-0.2, 0) is 11.3 Å². The van der Waals surface area contributed by atoms with Crippen LogP contribution in [0, 0.1) is 6.92 Å². The van der Waals surface area contributed by atoms with Gasteiger partial charge in [0.1, 0.15) is 5.15 Å². The molecule has 1 N–H and O–H groups in total. The fourth-order valence-corrected chi connectivity index (χ4v) is 1.52. The fraction of sp³-hybridized carbons (Fsp3) is 0.600. The number of hydrogen-bond acceptors (Lipinski definition) is 3. The summed E-state index contributed by atoms with van der Waals surface area (Å²) in [5, 5.41) is 0.114. The zero-order chi connectivity index (χ0) is 12.1. The second-order valence-corrected chi connectivity index (χ2v) is 3.90. The predicted octanol–water partition coefficient (Wildman–Crippen LogP) is 0.925. The maximum atomic E-state index is 11.7. The van der Waals surface area contributed by atoms with Gasteiger partial charge in [-0.05, 0) is 19.8 Å². The van der Waals surface area contributed by atoms with Crippen LogP contribution in [0.5, 0.6) is 0 Å². The molecule has 6 heteroatoms.